The van der Waals surface area contributed by atoms with Crippen molar-refractivity contribution in [2.45, 2.75) is 76.9 Å². The summed E-state index contributed by atoms with van der Waals surface area (Å²) >= 11 is 0. The molecule has 0 aromatic carbocycles. The van der Waals surface area contributed by atoms with Gasteiger partial charge in [0.2, 0.25) is 0 Å². The number of carbonyl (C=O) groups excluding carboxylic acids is 1. The van der Waals surface area contributed by atoms with E-state index in [9.17, 15) is 31.1 Å². The third-order valence-corrected chi connectivity index (χ3v) is 2.45. The number of alkyl halides is 6. The van der Waals surface area contributed by atoms with Crippen molar-refractivity contribution in [2.75, 3.05) is 6.61 Å². The van der Waals surface area contributed by atoms with Crippen LogP contribution in [0.4, 0.5) is 31.1 Å². The number of halogens is 6. The number of hydrogen-bond donors (Lipinski definition) is 1. The fourth-order valence-corrected chi connectivity index (χ4v) is 1.34. The SMILES string of the molecule is CCCOC(=O)OC(C)(C)C(O)(C(F)(F)F)C(F)(F)F.C[Si](C)(C)C. The standard InChI is InChI=1S/C10H14F6O4.C4H12Si/c1-4-5-19-6(17)20-7(2,3)8(18,9(11,12)13)10(14,15)16;1-5(2,3)4/h18H,4-5H2,1-3H3;1-4H3. The van der Waals surface area contributed by atoms with Gasteiger partial charge in [0.15, 0.2) is 5.60 Å². The lowest BCUT2D eigenvalue weighted by atomic mass is 9.84. The Morgan fingerprint density at radius 2 is 1.28 bits per heavy atom. The fraction of sp³-hybridized carbons (Fsp3) is 0.929. The van der Waals surface area contributed by atoms with E-state index in [1.807, 2.05) is 0 Å². The van der Waals surface area contributed by atoms with Gasteiger partial charge in [-0.25, -0.2) is 4.79 Å². The van der Waals surface area contributed by atoms with Crippen LogP contribution in [0.5, 0.6) is 0 Å². The summed E-state index contributed by atoms with van der Waals surface area (Å²) in [4.78, 5) is 11.0. The van der Waals surface area contributed by atoms with Crippen LogP contribution >= 0.6 is 0 Å². The zero-order chi connectivity index (χ0) is 20.9. The number of aliphatic hydroxyl groups is 1. The predicted octanol–water partition coefficient (Wildman–Crippen LogP) is 5.14. The van der Waals surface area contributed by atoms with E-state index >= 15 is 0 Å². The molecule has 152 valence electrons. The van der Waals surface area contributed by atoms with Crippen molar-refractivity contribution in [1.82, 2.24) is 0 Å². The van der Waals surface area contributed by atoms with Gasteiger partial charge in [0.25, 0.3) is 5.60 Å². The summed E-state index contributed by atoms with van der Waals surface area (Å²) < 4.78 is 83.8. The Kier molecular flexibility index (Phi) is 9.04. The minimum absolute atomic E-state index is 0.245. The van der Waals surface area contributed by atoms with Gasteiger partial charge in [0.05, 0.1) is 6.61 Å². The van der Waals surface area contributed by atoms with Gasteiger partial charge in [-0.15, -0.1) is 0 Å². The monoisotopic (exact) mass is 400 g/mol. The van der Waals surface area contributed by atoms with Crippen molar-refractivity contribution in [3.8, 4) is 0 Å². The molecule has 0 rings (SSSR count). The van der Waals surface area contributed by atoms with E-state index in [-0.39, 0.29) is 6.61 Å². The van der Waals surface area contributed by atoms with Crippen LogP contribution < -0.4 is 0 Å². The van der Waals surface area contributed by atoms with Gasteiger partial charge >= 0.3 is 18.5 Å². The van der Waals surface area contributed by atoms with E-state index in [4.69, 9.17) is 5.11 Å². The molecule has 4 nitrogen and oxygen atoms in total. The van der Waals surface area contributed by atoms with Gasteiger partial charge < -0.3 is 14.6 Å². The first-order chi connectivity index (χ1) is 10.7. The third kappa shape index (κ3) is 8.30. The van der Waals surface area contributed by atoms with Crippen molar-refractivity contribution >= 4 is 14.2 Å². The molecule has 0 radical (unpaired) electrons. The first-order valence-electron chi connectivity index (χ1n) is 7.42. The zero-order valence-corrected chi connectivity index (χ0v) is 16.4. The van der Waals surface area contributed by atoms with Crippen LogP contribution in [0.25, 0.3) is 0 Å². The zero-order valence-electron chi connectivity index (χ0n) is 15.4. The lowest BCUT2D eigenvalue weighted by Gasteiger charge is -2.42. The molecular formula is C14H26F6O4Si. The second kappa shape index (κ2) is 8.61. The van der Waals surface area contributed by atoms with Gasteiger partial charge in [0.1, 0.15) is 0 Å². The van der Waals surface area contributed by atoms with Crippen molar-refractivity contribution in [3.63, 3.8) is 0 Å². The maximum atomic E-state index is 12.6. The van der Waals surface area contributed by atoms with E-state index in [1.54, 1.807) is 6.92 Å². The Morgan fingerprint density at radius 1 is 0.960 bits per heavy atom. The highest BCUT2D eigenvalue weighted by Gasteiger charge is 2.78. The van der Waals surface area contributed by atoms with E-state index in [0.717, 1.165) is 0 Å². The number of carbonyl (C=O) groups is 1. The van der Waals surface area contributed by atoms with E-state index in [2.05, 4.69) is 35.7 Å². The Balaban J connectivity index is 0. The second-order valence-electron chi connectivity index (χ2n) is 7.42. The van der Waals surface area contributed by atoms with Crippen LogP contribution in [0.15, 0.2) is 0 Å². The topological polar surface area (TPSA) is 55.8 Å². The highest BCUT2D eigenvalue weighted by atomic mass is 28.3. The third-order valence-electron chi connectivity index (χ3n) is 2.45. The molecule has 25 heavy (non-hydrogen) atoms. The molecule has 1 N–H and O–H groups in total. The van der Waals surface area contributed by atoms with Crippen LogP contribution in [-0.4, -0.2) is 49.5 Å². The van der Waals surface area contributed by atoms with E-state index < -0.39 is 37.8 Å². The van der Waals surface area contributed by atoms with Gasteiger partial charge in [0, 0.05) is 8.07 Å². The molecule has 0 unspecified atom stereocenters. The lowest BCUT2D eigenvalue weighted by Crippen LogP contribution is -2.69. The molecule has 0 aromatic heterocycles. The largest absolute Gasteiger partial charge is 0.508 e. The summed E-state index contributed by atoms with van der Waals surface area (Å²) in [5.41, 5.74) is -8.55. The average molecular weight is 400 g/mol. The first kappa shape index (κ1) is 26.3. The molecule has 0 aliphatic carbocycles. The molecule has 0 heterocycles. The minimum atomic E-state index is -6.10. The van der Waals surface area contributed by atoms with Crippen LogP contribution in [-0.2, 0) is 9.47 Å². The fourth-order valence-electron chi connectivity index (χ4n) is 1.34. The van der Waals surface area contributed by atoms with Crippen LogP contribution in [0, 0.1) is 0 Å². The Bertz CT molecular complexity index is 407. The Hall–Kier alpha value is -0.973. The van der Waals surface area contributed by atoms with E-state index in [1.165, 1.54) is 0 Å². The van der Waals surface area contributed by atoms with Crippen LogP contribution in [0.1, 0.15) is 27.2 Å². The Labute approximate surface area is 144 Å². The molecule has 0 saturated heterocycles. The summed E-state index contributed by atoms with van der Waals surface area (Å²) in [5.74, 6) is 0. The number of rotatable bonds is 4. The lowest BCUT2D eigenvalue weighted by molar-refractivity contribution is -0.407. The number of ether oxygens (including phenoxy) is 2. The summed E-state index contributed by atoms with van der Waals surface area (Å²) in [6.07, 6.45) is -13.6. The summed E-state index contributed by atoms with van der Waals surface area (Å²) in [7, 11) is -0.611. The predicted molar refractivity (Wildman–Crippen MR) is 83.1 cm³/mol. The minimum Gasteiger partial charge on any atom is -0.434 e. The molecule has 0 spiro atoms. The van der Waals surface area contributed by atoms with Gasteiger partial charge in [-0.2, -0.15) is 26.3 Å². The molecule has 0 atom stereocenters. The van der Waals surface area contributed by atoms with Crippen molar-refractivity contribution in [2.24, 2.45) is 0 Å². The maximum Gasteiger partial charge on any atom is 0.508 e. The highest BCUT2D eigenvalue weighted by Crippen LogP contribution is 2.50. The van der Waals surface area contributed by atoms with Gasteiger partial charge in [-0.05, 0) is 20.3 Å². The van der Waals surface area contributed by atoms with Crippen molar-refractivity contribution in [3.05, 3.63) is 0 Å². The smallest absolute Gasteiger partial charge is 0.434 e. The van der Waals surface area contributed by atoms with E-state index in [0.29, 0.717) is 20.3 Å². The number of hydrogen-bond acceptors (Lipinski definition) is 4. The van der Waals surface area contributed by atoms with Crippen LogP contribution in [0.2, 0.25) is 26.2 Å². The maximum absolute atomic E-state index is 12.6. The molecule has 0 saturated carbocycles. The first-order valence-corrected chi connectivity index (χ1v) is 11.4. The van der Waals surface area contributed by atoms with Crippen molar-refractivity contribution in [1.29, 1.82) is 0 Å². The molecule has 0 aromatic rings. The molecule has 0 aliphatic rings. The van der Waals surface area contributed by atoms with Crippen LogP contribution in [0.3, 0.4) is 0 Å². The average Bonchev–Trinajstić information content (AvgIpc) is 2.29. The molecular weight excluding hydrogens is 374 g/mol. The summed E-state index contributed by atoms with van der Waals surface area (Å²) in [6.45, 7) is 11.2. The second-order valence-corrected chi connectivity index (χ2v) is 13.4. The summed E-state index contributed by atoms with van der Waals surface area (Å²) in [6, 6.07) is 0. The van der Waals surface area contributed by atoms with Gasteiger partial charge in [-0.3, -0.25) is 0 Å². The molecule has 0 amide bonds. The highest BCUT2D eigenvalue weighted by molar-refractivity contribution is 6.74. The molecule has 0 aliphatic heterocycles. The van der Waals surface area contributed by atoms with Crippen molar-refractivity contribution < 1.29 is 45.7 Å². The quantitative estimate of drug-likeness (QED) is 0.403. The normalized spacial score (nSPS) is 13.7. The Morgan fingerprint density at radius 3 is 1.52 bits per heavy atom. The molecule has 11 heteroatoms. The summed E-state index contributed by atoms with van der Waals surface area (Å²) in [5, 5.41) is 9.10. The molecule has 0 bridgehead atoms. The molecule has 0 fully saturated rings. The van der Waals surface area contributed by atoms with Gasteiger partial charge in [-0.1, -0.05) is 33.1 Å².